The Bertz CT molecular complexity index is 2980. The van der Waals surface area contributed by atoms with E-state index in [1.807, 2.05) is 64.1 Å². The first-order valence-corrected chi connectivity index (χ1v) is 28.3. The summed E-state index contributed by atoms with van der Waals surface area (Å²) >= 11 is 0. The van der Waals surface area contributed by atoms with E-state index in [-0.39, 0.29) is 91.6 Å². The third-order valence-corrected chi connectivity index (χ3v) is 16.8. The molecule has 0 radical (unpaired) electrons. The Kier molecular flexibility index (Phi) is 17.4. The largest absolute Gasteiger partial charge is 0.507 e. The van der Waals surface area contributed by atoms with Gasteiger partial charge in [-0.25, -0.2) is 4.99 Å². The SMILES string of the molecule is C/C1=C/C=C/[C@H](C)C[C@@H](C)[C@@H](OC(C)(C)O)[C@@H](C)[C@H](OC(=O)CC(=O)N2CCC(N(C)c3ccccc3)CC2)[C@H](C)C/C=C/C[C@@]2(C)Oc3c(C)c(O)c4c(O)c(c5c(c4c3C2=O)NC2(CCN(CC(C)C)CC2)N=5)=NC1=O. The van der Waals surface area contributed by atoms with E-state index in [9.17, 15) is 29.7 Å². The molecule has 6 aliphatic heterocycles. The molecule has 0 saturated carbocycles. The normalized spacial score (nSPS) is 27.9. The van der Waals surface area contributed by atoms with Crippen molar-refractivity contribution < 1.29 is 48.7 Å². The predicted molar refractivity (Wildman–Crippen MR) is 302 cm³/mol. The second-order valence-corrected chi connectivity index (χ2v) is 24.3. The number of piperidine rings is 2. The van der Waals surface area contributed by atoms with Crippen LogP contribution in [0.2, 0.25) is 0 Å². The lowest BCUT2D eigenvalue weighted by Gasteiger charge is -2.40. The molecule has 9 rings (SSSR count). The number of ketones is 1. The molecular weight excluding hydrogens is 989 g/mol. The summed E-state index contributed by atoms with van der Waals surface area (Å²) < 4.78 is 19.5. The van der Waals surface area contributed by atoms with Gasteiger partial charge in [0.15, 0.2) is 17.1 Å². The number of phenols is 2. The molecule has 78 heavy (non-hydrogen) atoms. The molecule has 2 fully saturated rings. The van der Waals surface area contributed by atoms with Crippen LogP contribution in [0.25, 0.3) is 10.8 Å². The molecule has 6 aliphatic rings. The number of Topliss-reactive ketones (excluding diaryl/α,β-unsaturated/α-hetero) is 1. The van der Waals surface area contributed by atoms with Crippen molar-refractivity contribution in [3.8, 4) is 17.2 Å². The highest BCUT2D eigenvalue weighted by atomic mass is 16.6. The number of para-hydroxylation sites is 1. The van der Waals surface area contributed by atoms with Crippen LogP contribution in [0.1, 0.15) is 137 Å². The molecule has 16 heteroatoms. The van der Waals surface area contributed by atoms with Gasteiger partial charge in [-0.2, -0.15) is 0 Å². The van der Waals surface area contributed by atoms with Crippen molar-refractivity contribution in [2.75, 3.05) is 50.0 Å². The monoisotopic (exact) mass is 1070 g/mol. The first-order chi connectivity index (χ1) is 36.8. The van der Waals surface area contributed by atoms with Crippen LogP contribution in [0.5, 0.6) is 17.2 Å². The fourth-order valence-corrected chi connectivity index (χ4v) is 12.5. The maximum atomic E-state index is 15.1. The molecule has 3 aromatic rings. The second-order valence-electron chi connectivity index (χ2n) is 24.3. The number of fused-ring (bicyclic) bond motifs is 13. The Hall–Kier alpha value is -6.10. The second kappa shape index (κ2) is 23.3. The van der Waals surface area contributed by atoms with Crippen LogP contribution in [-0.4, -0.2) is 124 Å². The number of ether oxygens (including phenoxy) is 3. The number of aliphatic hydroxyl groups is 1. The van der Waals surface area contributed by atoms with Gasteiger partial charge in [0, 0.05) is 93.2 Å². The number of benzene rings is 3. The molecule has 0 aliphatic carbocycles. The summed E-state index contributed by atoms with van der Waals surface area (Å²) in [5.41, 5.74) is -0.00119. The number of hydrogen-bond donors (Lipinski definition) is 4. The lowest BCUT2D eigenvalue weighted by Crippen LogP contribution is -2.47. The van der Waals surface area contributed by atoms with Crippen molar-refractivity contribution in [2.24, 2.45) is 39.6 Å². The highest BCUT2D eigenvalue weighted by molar-refractivity contribution is 6.22. The van der Waals surface area contributed by atoms with Crippen LogP contribution in [0, 0.1) is 36.5 Å². The van der Waals surface area contributed by atoms with Crippen molar-refractivity contribution in [1.82, 2.24) is 9.80 Å². The minimum absolute atomic E-state index is 0.0162. The Labute approximate surface area is 460 Å². The Morgan fingerprint density at radius 1 is 0.936 bits per heavy atom. The molecule has 7 atom stereocenters. The number of phenolic OH excluding ortho intramolecular Hbond substituents is 2. The minimum Gasteiger partial charge on any atom is -0.507 e. The summed E-state index contributed by atoms with van der Waals surface area (Å²) in [6.45, 7) is 24.0. The summed E-state index contributed by atoms with van der Waals surface area (Å²) in [6, 6.07) is 10.4. The van der Waals surface area contributed by atoms with Crippen molar-refractivity contribution >= 4 is 45.7 Å². The number of carbonyl (C=O) groups is 4. The summed E-state index contributed by atoms with van der Waals surface area (Å²) in [5, 5.41) is 39.6. The average Bonchev–Trinajstić information content (AvgIpc) is 3.94. The summed E-state index contributed by atoms with van der Waals surface area (Å²) in [5.74, 6) is -4.56. The van der Waals surface area contributed by atoms with E-state index in [0.717, 1.165) is 38.2 Å². The molecule has 422 valence electrons. The van der Waals surface area contributed by atoms with Crippen molar-refractivity contribution in [3.63, 3.8) is 0 Å². The number of carbonyl (C=O) groups excluding carboxylic acids is 4. The first kappa shape index (κ1) is 58.1. The Morgan fingerprint density at radius 3 is 2.27 bits per heavy atom. The van der Waals surface area contributed by atoms with Crippen LogP contribution in [0.15, 0.2) is 76.3 Å². The third-order valence-electron chi connectivity index (χ3n) is 16.8. The number of hydrogen-bond acceptors (Lipinski definition) is 14. The Morgan fingerprint density at radius 2 is 1.62 bits per heavy atom. The van der Waals surface area contributed by atoms with Gasteiger partial charge in [0.1, 0.15) is 40.4 Å². The van der Waals surface area contributed by atoms with E-state index < -0.39 is 59.2 Å². The number of allylic oxidation sites excluding steroid dienone is 4. The maximum Gasteiger partial charge on any atom is 0.315 e. The van der Waals surface area contributed by atoms with Crippen LogP contribution >= 0.6 is 0 Å². The van der Waals surface area contributed by atoms with Crippen LogP contribution in [0.3, 0.4) is 0 Å². The Balaban J connectivity index is 1.13. The van der Waals surface area contributed by atoms with Crippen molar-refractivity contribution in [1.29, 1.82) is 0 Å². The number of rotatable bonds is 9. The smallest absolute Gasteiger partial charge is 0.315 e. The predicted octanol–water partition coefficient (Wildman–Crippen LogP) is 8.86. The zero-order valence-corrected chi connectivity index (χ0v) is 48.0. The van der Waals surface area contributed by atoms with Crippen molar-refractivity contribution in [2.45, 2.75) is 163 Å². The van der Waals surface area contributed by atoms with E-state index >= 15 is 4.79 Å². The molecule has 6 heterocycles. The topological polar surface area (TPSA) is 203 Å². The highest BCUT2D eigenvalue weighted by Gasteiger charge is 2.49. The van der Waals surface area contributed by atoms with Crippen LogP contribution < -0.4 is 25.7 Å². The van der Waals surface area contributed by atoms with Gasteiger partial charge in [-0.15, -0.1) is 0 Å². The molecule has 3 aromatic carbocycles. The molecule has 1 spiro atoms. The lowest BCUT2D eigenvalue weighted by molar-refractivity contribution is -0.237. The standard InChI is InChI=1S/C62H84N6O10/c1-36(2)35-67-31-27-62(28-32-67)64-50-47-48-53(71)41(7)57-49(47)58(73)61(11,78-57)26-17-16-20-38(4)55(76-46(70)34-45(69)68-29-24-44(25-30-68)66(12)43-22-14-13-15-23-43)42(8)56(77-60(9,10)75)40(6)33-37(3)19-18-21-39(5)59(74)63-52(54(48)72)51(50)65-62/h13-19,21-23,36-38,40,42,44,55-56,64,71-72,75H,20,24-35H2,1-12H3/b17-16+,19-18+,39-21-,63-52?/t37-,38+,40+,42-,55+,56+,61+/m0/s1. The fourth-order valence-electron chi connectivity index (χ4n) is 12.5. The van der Waals surface area contributed by atoms with Gasteiger partial charge in [-0.3, -0.25) is 24.2 Å². The molecule has 0 aromatic heterocycles. The van der Waals surface area contributed by atoms with Crippen molar-refractivity contribution in [3.05, 3.63) is 88.1 Å². The quantitative estimate of drug-likeness (QED) is 0.0521. The number of anilines is 2. The molecule has 2 amide bonds. The zero-order chi connectivity index (χ0) is 56.6. The van der Waals surface area contributed by atoms with Gasteiger partial charge in [-0.05, 0) is 96.1 Å². The zero-order valence-electron chi connectivity index (χ0n) is 48.0. The fraction of sp³-hybridized carbons (Fsp3) is 0.581. The number of likely N-dealkylation sites (tertiary alicyclic amines) is 2. The molecule has 16 nitrogen and oxygen atoms in total. The van der Waals surface area contributed by atoms with Gasteiger partial charge in [-0.1, -0.05) is 90.1 Å². The first-order valence-electron chi connectivity index (χ1n) is 28.3. The van der Waals surface area contributed by atoms with E-state index in [4.69, 9.17) is 19.2 Å². The summed E-state index contributed by atoms with van der Waals surface area (Å²) in [6.07, 6.45) is 11.3. The summed E-state index contributed by atoms with van der Waals surface area (Å²) in [7, 11) is 2.07. The molecular formula is C62H84N6O10. The average molecular weight is 1070 g/mol. The van der Waals surface area contributed by atoms with Gasteiger partial charge in [0.25, 0.3) is 5.91 Å². The van der Waals surface area contributed by atoms with E-state index in [2.05, 4.69) is 53.1 Å². The van der Waals surface area contributed by atoms with E-state index in [1.165, 1.54) is 0 Å². The van der Waals surface area contributed by atoms with Crippen LogP contribution in [-0.2, 0) is 23.9 Å². The van der Waals surface area contributed by atoms with Gasteiger partial charge < -0.3 is 49.5 Å². The number of esters is 1. The van der Waals surface area contributed by atoms with Crippen LogP contribution in [0.4, 0.5) is 11.4 Å². The lowest BCUT2D eigenvalue weighted by atomic mass is 9.79. The van der Waals surface area contributed by atoms with Gasteiger partial charge in [0.05, 0.1) is 22.7 Å². The van der Waals surface area contributed by atoms with Gasteiger partial charge >= 0.3 is 5.97 Å². The number of nitrogens with zero attached hydrogens (tertiary/aromatic N) is 5. The van der Waals surface area contributed by atoms with E-state index in [0.29, 0.717) is 50.4 Å². The summed E-state index contributed by atoms with van der Waals surface area (Å²) in [4.78, 5) is 73.3. The van der Waals surface area contributed by atoms with Gasteiger partial charge in [0.2, 0.25) is 11.7 Å². The third kappa shape index (κ3) is 12.4. The highest BCUT2D eigenvalue weighted by Crippen LogP contribution is 2.52. The molecule has 2 saturated heterocycles. The minimum atomic E-state index is -1.54. The van der Waals surface area contributed by atoms with E-state index in [1.54, 1.807) is 51.7 Å². The molecule has 4 N–H and O–H groups in total. The number of aromatic hydroxyl groups is 2. The maximum absolute atomic E-state index is 15.1. The number of amides is 2. The number of nitrogens with one attached hydrogen (secondary N) is 1. The molecule has 5 bridgehead atoms. The molecule has 0 unspecified atom stereocenters.